The lowest BCUT2D eigenvalue weighted by atomic mass is 10.3. The molecule has 0 N–H and O–H groups in total. The lowest BCUT2D eigenvalue weighted by Gasteiger charge is -2.22. The van der Waals surface area contributed by atoms with Crippen LogP contribution in [-0.4, -0.2) is 49.7 Å². The van der Waals surface area contributed by atoms with E-state index in [0.29, 0.717) is 43.4 Å². The molecular weight excluding hydrogens is 300 g/mol. The quantitative estimate of drug-likeness (QED) is 0.849. The second kappa shape index (κ2) is 6.01. The fourth-order valence-electron chi connectivity index (χ4n) is 3.00. The number of carbonyl (C=O) groups excluding carboxylic acids is 1. The van der Waals surface area contributed by atoms with Crippen LogP contribution in [0.2, 0.25) is 0 Å². The molecule has 1 aliphatic heterocycles. The molecule has 2 aliphatic rings. The average molecular weight is 322 g/mol. The van der Waals surface area contributed by atoms with Crippen LogP contribution in [0.25, 0.3) is 0 Å². The molecule has 2 atom stereocenters. The third-order valence-electron chi connectivity index (χ3n) is 4.57. The van der Waals surface area contributed by atoms with Crippen LogP contribution < -0.4 is 0 Å². The van der Waals surface area contributed by atoms with Gasteiger partial charge in [-0.15, -0.1) is 0 Å². The Hall–Kier alpha value is -1.40. The predicted octanol–water partition coefficient (Wildman–Crippen LogP) is 1.57. The molecule has 0 unspecified atom stereocenters. The van der Waals surface area contributed by atoms with E-state index in [9.17, 15) is 13.2 Å². The predicted molar refractivity (Wildman–Crippen MR) is 83.7 cm³/mol. The molecule has 2 fully saturated rings. The first-order valence-electron chi connectivity index (χ1n) is 7.84. The monoisotopic (exact) mass is 322 g/mol. The zero-order valence-corrected chi connectivity index (χ0v) is 13.6. The molecule has 1 saturated carbocycles. The smallest absolute Gasteiger partial charge is 0.243 e. The molecule has 1 saturated heterocycles. The summed E-state index contributed by atoms with van der Waals surface area (Å²) in [5.74, 6) is 0.851. The zero-order chi connectivity index (χ0) is 15.7. The minimum absolute atomic E-state index is 0.164. The highest BCUT2D eigenvalue weighted by Gasteiger charge is 2.42. The maximum Gasteiger partial charge on any atom is 0.243 e. The summed E-state index contributed by atoms with van der Waals surface area (Å²) in [6.07, 6.45) is 1.67. The lowest BCUT2D eigenvalue weighted by molar-refractivity contribution is -0.132. The van der Waals surface area contributed by atoms with Crippen LogP contribution in [0.5, 0.6) is 0 Å². The van der Waals surface area contributed by atoms with Crippen LogP contribution in [0, 0.1) is 11.8 Å². The van der Waals surface area contributed by atoms with Crippen LogP contribution in [0.4, 0.5) is 0 Å². The number of sulfonamides is 1. The molecular formula is C16H22N2O3S. The Morgan fingerprint density at radius 2 is 1.77 bits per heavy atom. The summed E-state index contributed by atoms with van der Waals surface area (Å²) in [4.78, 5) is 14.5. The van der Waals surface area contributed by atoms with Crippen molar-refractivity contribution in [3.8, 4) is 0 Å². The van der Waals surface area contributed by atoms with Gasteiger partial charge in [0.05, 0.1) is 4.90 Å². The van der Waals surface area contributed by atoms with Gasteiger partial charge in [-0.1, -0.05) is 25.1 Å². The molecule has 1 heterocycles. The molecule has 6 heteroatoms. The van der Waals surface area contributed by atoms with E-state index >= 15 is 0 Å². The maximum atomic E-state index is 12.6. The van der Waals surface area contributed by atoms with E-state index in [2.05, 4.69) is 6.92 Å². The van der Waals surface area contributed by atoms with Gasteiger partial charge in [-0.2, -0.15) is 4.31 Å². The van der Waals surface area contributed by atoms with Gasteiger partial charge in [-0.25, -0.2) is 8.42 Å². The fraction of sp³-hybridized carbons (Fsp3) is 0.562. The van der Waals surface area contributed by atoms with Crippen LogP contribution >= 0.6 is 0 Å². The van der Waals surface area contributed by atoms with Gasteiger partial charge in [-0.05, 0) is 30.9 Å². The van der Waals surface area contributed by atoms with E-state index in [1.54, 1.807) is 30.3 Å². The number of hydrogen-bond acceptors (Lipinski definition) is 3. The first-order chi connectivity index (χ1) is 10.5. The van der Waals surface area contributed by atoms with Crippen molar-refractivity contribution in [3.63, 3.8) is 0 Å². The lowest BCUT2D eigenvalue weighted by Crippen LogP contribution is -2.38. The molecule has 1 aromatic carbocycles. The van der Waals surface area contributed by atoms with Gasteiger partial charge in [0.25, 0.3) is 0 Å². The van der Waals surface area contributed by atoms with Gasteiger partial charge < -0.3 is 4.90 Å². The van der Waals surface area contributed by atoms with Crippen LogP contribution in [0.15, 0.2) is 35.2 Å². The number of benzene rings is 1. The Kier molecular flexibility index (Phi) is 4.23. The van der Waals surface area contributed by atoms with Gasteiger partial charge in [0.15, 0.2) is 0 Å². The highest BCUT2D eigenvalue weighted by atomic mass is 32.2. The minimum Gasteiger partial charge on any atom is -0.341 e. The van der Waals surface area contributed by atoms with E-state index in [1.165, 1.54) is 4.31 Å². The summed E-state index contributed by atoms with van der Waals surface area (Å²) in [7, 11) is -3.45. The number of nitrogens with zero attached hydrogens (tertiary/aromatic N) is 2. The molecule has 3 rings (SSSR count). The van der Waals surface area contributed by atoms with Crippen LogP contribution in [-0.2, 0) is 14.8 Å². The molecule has 0 spiro atoms. The molecule has 0 radical (unpaired) electrons. The number of hydrogen-bond donors (Lipinski definition) is 0. The molecule has 5 nitrogen and oxygen atoms in total. The van der Waals surface area contributed by atoms with E-state index in [1.807, 2.05) is 4.90 Å². The highest BCUT2D eigenvalue weighted by Crippen LogP contribution is 2.39. The maximum absolute atomic E-state index is 12.6. The van der Waals surface area contributed by atoms with Crippen molar-refractivity contribution < 1.29 is 13.2 Å². The Morgan fingerprint density at radius 1 is 1.09 bits per heavy atom. The third kappa shape index (κ3) is 3.03. The van der Waals surface area contributed by atoms with E-state index in [-0.39, 0.29) is 11.8 Å². The van der Waals surface area contributed by atoms with Crippen LogP contribution in [0.3, 0.4) is 0 Å². The number of carbonyl (C=O) groups is 1. The SMILES string of the molecule is C[C@@H]1C[C@H]1C(=O)N1CCCN(S(=O)(=O)c2ccccc2)CC1. The van der Waals surface area contributed by atoms with Crippen molar-refractivity contribution in [2.75, 3.05) is 26.2 Å². The van der Waals surface area contributed by atoms with Gasteiger partial charge in [0.1, 0.15) is 0 Å². The Labute approximate surface area is 132 Å². The topological polar surface area (TPSA) is 57.7 Å². The number of amides is 1. The van der Waals surface area contributed by atoms with Crippen molar-refractivity contribution in [1.29, 1.82) is 0 Å². The molecule has 1 amide bonds. The fourth-order valence-corrected chi connectivity index (χ4v) is 4.49. The average Bonchev–Trinajstić information content (AvgIpc) is 3.29. The first-order valence-corrected chi connectivity index (χ1v) is 9.28. The summed E-state index contributed by atoms with van der Waals surface area (Å²) in [6, 6.07) is 8.51. The normalized spacial score (nSPS) is 26.5. The number of rotatable bonds is 3. The Balaban J connectivity index is 1.69. The summed E-state index contributed by atoms with van der Waals surface area (Å²) in [5, 5.41) is 0. The largest absolute Gasteiger partial charge is 0.341 e. The summed E-state index contributed by atoms with van der Waals surface area (Å²) in [5.41, 5.74) is 0. The standard InChI is InChI=1S/C16H22N2O3S/c1-13-12-15(13)16(19)17-8-5-9-18(11-10-17)22(20,21)14-6-3-2-4-7-14/h2-4,6-7,13,15H,5,8-12H2,1H3/t13-,15-/m1/s1. The molecule has 1 aromatic rings. The molecule has 0 bridgehead atoms. The molecule has 22 heavy (non-hydrogen) atoms. The third-order valence-corrected chi connectivity index (χ3v) is 6.49. The van der Waals surface area contributed by atoms with Gasteiger partial charge >= 0.3 is 0 Å². The van der Waals surface area contributed by atoms with E-state index in [4.69, 9.17) is 0 Å². The summed E-state index contributed by atoms with van der Waals surface area (Å²) in [6.45, 7) is 4.09. The second-order valence-corrected chi connectivity index (χ2v) is 8.15. The summed E-state index contributed by atoms with van der Waals surface area (Å²) >= 11 is 0. The van der Waals surface area contributed by atoms with Gasteiger partial charge in [-0.3, -0.25) is 4.79 Å². The zero-order valence-electron chi connectivity index (χ0n) is 12.8. The highest BCUT2D eigenvalue weighted by molar-refractivity contribution is 7.89. The molecule has 1 aliphatic carbocycles. The summed E-state index contributed by atoms with van der Waals surface area (Å²) < 4.78 is 26.8. The van der Waals surface area contributed by atoms with Crippen molar-refractivity contribution in [1.82, 2.24) is 9.21 Å². The van der Waals surface area contributed by atoms with E-state index < -0.39 is 10.0 Å². The first kappa shape index (κ1) is 15.5. The van der Waals surface area contributed by atoms with Crippen molar-refractivity contribution in [3.05, 3.63) is 30.3 Å². The second-order valence-electron chi connectivity index (χ2n) is 6.22. The van der Waals surface area contributed by atoms with Crippen LogP contribution in [0.1, 0.15) is 19.8 Å². The van der Waals surface area contributed by atoms with Crippen molar-refractivity contribution in [2.24, 2.45) is 11.8 Å². The minimum atomic E-state index is -3.45. The van der Waals surface area contributed by atoms with E-state index in [0.717, 1.165) is 6.42 Å². The van der Waals surface area contributed by atoms with Gasteiger partial charge in [0, 0.05) is 32.1 Å². The molecule has 0 aromatic heterocycles. The molecule has 120 valence electrons. The Morgan fingerprint density at radius 3 is 2.41 bits per heavy atom. The van der Waals surface area contributed by atoms with Gasteiger partial charge in [0.2, 0.25) is 15.9 Å². The Bertz CT molecular complexity index is 645. The van der Waals surface area contributed by atoms with Crippen molar-refractivity contribution in [2.45, 2.75) is 24.7 Å². The van der Waals surface area contributed by atoms with Crippen molar-refractivity contribution >= 4 is 15.9 Å².